The molecule has 8 heteroatoms. The molecule has 1 aliphatic rings. The first-order valence-electron chi connectivity index (χ1n) is 11.2. The number of aryl methyl sites for hydroxylation is 1. The molecule has 1 amide bonds. The number of rotatable bonds is 6. The molecule has 1 fully saturated rings. The van der Waals surface area contributed by atoms with Crippen molar-refractivity contribution in [2.24, 2.45) is 0 Å². The molecule has 0 radical (unpaired) electrons. The van der Waals surface area contributed by atoms with Gasteiger partial charge in [0.05, 0.1) is 15.5 Å². The lowest BCUT2D eigenvalue weighted by Crippen LogP contribution is -2.49. The van der Waals surface area contributed by atoms with Gasteiger partial charge in [-0.25, -0.2) is 8.42 Å². The minimum absolute atomic E-state index is 0.141. The molecule has 5 nitrogen and oxygen atoms in total. The Morgan fingerprint density at radius 2 is 1.62 bits per heavy atom. The molecule has 3 aromatic carbocycles. The highest BCUT2D eigenvalue weighted by Gasteiger charge is 2.34. The van der Waals surface area contributed by atoms with Gasteiger partial charge < -0.3 is 4.90 Å². The zero-order chi connectivity index (χ0) is 24.3. The summed E-state index contributed by atoms with van der Waals surface area (Å²) >= 11 is 8.58. The van der Waals surface area contributed by atoms with Crippen LogP contribution in [0.5, 0.6) is 0 Å². The maximum Gasteiger partial charge on any atom is 0.260 e. The Morgan fingerprint density at radius 3 is 2.21 bits per heavy atom. The van der Waals surface area contributed by atoms with Crippen LogP contribution in [-0.2, 0) is 16.4 Å². The van der Waals surface area contributed by atoms with Crippen LogP contribution >= 0.6 is 34.2 Å². The summed E-state index contributed by atoms with van der Waals surface area (Å²) in [5, 5.41) is 0.401. The standard InChI is InChI=1S/C26H26ClIN2O3S/c1-2-19-7-13-23(14-8-19)34(32,33)29-17-15-22(16-18-29)30(21-11-9-20(28)10-12-21)26(31)24-5-3-4-6-25(24)27/h3-14,22H,2,15-18H2,1H3. The van der Waals surface area contributed by atoms with Crippen LogP contribution in [0, 0.1) is 3.57 Å². The van der Waals surface area contributed by atoms with Crippen molar-refractivity contribution in [2.75, 3.05) is 18.0 Å². The molecular weight excluding hydrogens is 583 g/mol. The second-order valence-electron chi connectivity index (χ2n) is 8.26. The highest BCUT2D eigenvalue weighted by atomic mass is 127. The van der Waals surface area contributed by atoms with Crippen molar-refractivity contribution in [1.29, 1.82) is 0 Å². The van der Waals surface area contributed by atoms with E-state index in [0.717, 1.165) is 21.2 Å². The molecular formula is C26H26ClIN2O3S. The molecule has 1 heterocycles. The lowest BCUT2D eigenvalue weighted by Gasteiger charge is -2.38. The van der Waals surface area contributed by atoms with Crippen molar-refractivity contribution in [1.82, 2.24) is 4.31 Å². The number of hydrogen-bond donors (Lipinski definition) is 0. The molecule has 0 saturated carbocycles. The summed E-state index contributed by atoms with van der Waals surface area (Å²) in [6, 6.07) is 21.7. The molecule has 1 saturated heterocycles. The predicted molar refractivity (Wildman–Crippen MR) is 145 cm³/mol. The second kappa shape index (κ2) is 10.8. The van der Waals surface area contributed by atoms with Gasteiger partial charge >= 0.3 is 0 Å². The van der Waals surface area contributed by atoms with Crippen molar-refractivity contribution in [2.45, 2.75) is 37.1 Å². The number of sulfonamides is 1. The van der Waals surface area contributed by atoms with E-state index in [1.165, 1.54) is 4.31 Å². The van der Waals surface area contributed by atoms with Gasteiger partial charge in [-0.1, -0.05) is 42.8 Å². The Bertz CT molecular complexity index is 1260. The summed E-state index contributed by atoms with van der Waals surface area (Å²) in [5.41, 5.74) is 2.32. The highest BCUT2D eigenvalue weighted by molar-refractivity contribution is 14.1. The van der Waals surface area contributed by atoms with Gasteiger partial charge in [-0.2, -0.15) is 4.31 Å². The molecule has 4 rings (SSSR count). The quantitative estimate of drug-likeness (QED) is 0.322. The van der Waals surface area contributed by atoms with E-state index in [1.807, 2.05) is 43.3 Å². The third kappa shape index (κ3) is 5.32. The number of anilines is 1. The fraction of sp³-hybridized carbons (Fsp3) is 0.269. The van der Waals surface area contributed by atoms with Crippen LogP contribution in [0.25, 0.3) is 0 Å². The normalized spacial score (nSPS) is 15.3. The summed E-state index contributed by atoms with van der Waals surface area (Å²) < 4.78 is 29.0. The maximum atomic E-state index is 13.6. The Labute approximate surface area is 219 Å². The Hall–Kier alpha value is -1.94. The van der Waals surface area contributed by atoms with Crippen LogP contribution in [0.2, 0.25) is 5.02 Å². The number of carbonyl (C=O) groups is 1. The van der Waals surface area contributed by atoms with Crippen LogP contribution < -0.4 is 4.90 Å². The number of nitrogens with zero attached hydrogens (tertiary/aromatic N) is 2. The third-order valence-corrected chi connectivity index (χ3v) is 9.15. The van der Waals surface area contributed by atoms with Gasteiger partial charge in [0.15, 0.2) is 0 Å². The number of carbonyl (C=O) groups excluding carboxylic acids is 1. The molecule has 0 N–H and O–H groups in total. The summed E-state index contributed by atoms with van der Waals surface area (Å²) in [4.78, 5) is 15.7. The number of amides is 1. The molecule has 3 aromatic rings. The Morgan fingerprint density at radius 1 is 1.00 bits per heavy atom. The van der Waals surface area contributed by atoms with Crippen LogP contribution in [0.1, 0.15) is 35.7 Å². The van der Waals surface area contributed by atoms with E-state index < -0.39 is 10.0 Å². The summed E-state index contributed by atoms with van der Waals surface area (Å²) in [5.74, 6) is -0.178. The maximum absolute atomic E-state index is 13.6. The van der Waals surface area contributed by atoms with E-state index in [4.69, 9.17) is 11.6 Å². The first kappa shape index (κ1) is 25.2. The first-order valence-corrected chi connectivity index (χ1v) is 14.1. The number of benzene rings is 3. The smallest absolute Gasteiger partial charge is 0.260 e. The number of hydrogen-bond acceptors (Lipinski definition) is 3. The second-order valence-corrected chi connectivity index (χ2v) is 11.9. The monoisotopic (exact) mass is 608 g/mol. The van der Waals surface area contributed by atoms with Gasteiger partial charge in [-0.3, -0.25) is 4.79 Å². The topological polar surface area (TPSA) is 57.7 Å². The zero-order valence-corrected chi connectivity index (χ0v) is 22.6. The minimum Gasteiger partial charge on any atom is -0.305 e. The molecule has 1 aliphatic heterocycles. The number of piperidine rings is 1. The molecule has 0 unspecified atom stereocenters. The Balaban J connectivity index is 1.57. The first-order chi connectivity index (χ1) is 16.3. The summed E-state index contributed by atoms with van der Waals surface area (Å²) in [6.45, 7) is 2.73. The van der Waals surface area contributed by atoms with Gasteiger partial charge in [0.25, 0.3) is 5.91 Å². The largest absolute Gasteiger partial charge is 0.305 e. The van der Waals surface area contributed by atoms with Gasteiger partial charge in [0.1, 0.15) is 0 Å². The predicted octanol–water partition coefficient (Wildman–Crippen LogP) is 6.01. The minimum atomic E-state index is -3.58. The van der Waals surface area contributed by atoms with E-state index in [1.54, 1.807) is 41.3 Å². The van der Waals surface area contributed by atoms with Crippen molar-refractivity contribution >= 4 is 55.8 Å². The van der Waals surface area contributed by atoms with Crippen LogP contribution in [0.3, 0.4) is 0 Å². The molecule has 0 bridgehead atoms. The molecule has 0 aromatic heterocycles. The fourth-order valence-electron chi connectivity index (χ4n) is 4.25. The summed E-state index contributed by atoms with van der Waals surface area (Å²) in [6.07, 6.45) is 1.93. The van der Waals surface area contributed by atoms with Gasteiger partial charge in [-0.15, -0.1) is 0 Å². The molecule has 0 aliphatic carbocycles. The van der Waals surface area contributed by atoms with E-state index in [2.05, 4.69) is 22.6 Å². The van der Waals surface area contributed by atoms with Crippen LogP contribution in [0.15, 0.2) is 77.7 Å². The fourth-order valence-corrected chi connectivity index (χ4v) is 6.29. The van der Waals surface area contributed by atoms with E-state index in [0.29, 0.717) is 41.4 Å². The molecule has 34 heavy (non-hydrogen) atoms. The average molecular weight is 609 g/mol. The summed E-state index contributed by atoms with van der Waals surface area (Å²) in [7, 11) is -3.58. The van der Waals surface area contributed by atoms with Gasteiger partial charge in [0.2, 0.25) is 10.0 Å². The van der Waals surface area contributed by atoms with E-state index in [9.17, 15) is 13.2 Å². The van der Waals surface area contributed by atoms with Gasteiger partial charge in [0, 0.05) is 28.4 Å². The highest BCUT2D eigenvalue weighted by Crippen LogP contribution is 2.30. The van der Waals surface area contributed by atoms with Crippen molar-refractivity contribution in [3.63, 3.8) is 0 Å². The zero-order valence-electron chi connectivity index (χ0n) is 18.8. The lowest BCUT2D eigenvalue weighted by atomic mass is 10.0. The van der Waals surface area contributed by atoms with Crippen molar-refractivity contribution < 1.29 is 13.2 Å². The van der Waals surface area contributed by atoms with Crippen molar-refractivity contribution in [3.8, 4) is 0 Å². The SMILES string of the molecule is CCc1ccc(S(=O)(=O)N2CCC(N(C(=O)c3ccccc3Cl)c3ccc(I)cc3)CC2)cc1. The molecule has 178 valence electrons. The Kier molecular flexibility index (Phi) is 7.97. The average Bonchev–Trinajstić information content (AvgIpc) is 2.86. The third-order valence-electron chi connectivity index (χ3n) is 6.19. The van der Waals surface area contributed by atoms with Gasteiger partial charge in [-0.05, 0) is 95.9 Å². The van der Waals surface area contributed by atoms with Crippen molar-refractivity contribution in [3.05, 3.63) is 92.5 Å². The van der Waals surface area contributed by atoms with E-state index in [-0.39, 0.29) is 11.9 Å². The molecule has 0 atom stereocenters. The van der Waals surface area contributed by atoms with Crippen LogP contribution in [0.4, 0.5) is 5.69 Å². The number of halogens is 2. The van der Waals surface area contributed by atoms with Crippen LogP contribution in [-0.4, -0.2) is 37.8 Å². The van der Waals surface area contributed by atoms with E-state index >= 15 is 0 Å². The molecule has 0 spiro atoms. The lowest BCUT2D eigenvalue weighted by molar-refractivity contribution is 0.0968.